The van der Waals surface area contributed by atoms with Gasteiger partial charge < -0.3 is 27.2 Å². The molecule has 4 atom stereocenters. The summed E-state index contributed by atoms with van der Waals surface area (Å²) in [5, 5.41) is 13.9. The molecule has 0 aromatic carbocycles. The molecule has 9 heteroatoms. The van der Waals surface area contributed by atoms with E-state index in [1.165, 1.54) is 0 Å². The Labute approximate surface area is 141 Å². The van der Waals surface area contributed by atoms with Crippen LogP contribution in [-0.4, -0.2) is 46.9 Å². The molecule has 0 fully saturated rings. The van der Waals surface area contributed by atoms with Gasteiger partial charge in [-0.25, -0.2) is 4.79 Å². The summed E-state index contributed by atoms with van der Waals surface area (Å²) in [5.74, 6) is -3.89. The molecule has 24 heavy (non-hydrogen) atoms. The molecule has 0 aliphatic carbocycles. The first-order chi connectivity index (χ1) is 11.0. The van der Waals surface area contributed by atoms with E-state index in [1.54, 1.807) is 27.7 Å². The van der Waals surface area contributed by atoms with Crippen LogP contribution in [0.4, 0.5) is 0 Å². The first-order valence-corrected chi connectivity index (χ1v) is 7.88. The Kier molecular flexibility index (Phi) is 8.97. The van der Waals surface area contributed by atoms with Crippen molar-refractivity contribution in [3.63, 3.8) is 0 Å². The van der Waals surface area contributed by atoms with Gasteiger partial charge in [-0.3, -0.25) is 14.4 Å². The average Bonchev–Trinajstić information content (AvgIpc) is 2.48. The highest BCUT2D eigenvalue weighted by atomic mass is 16.4. The maximum absolute atomic E-state index is 12.3. The molecule has 0 aromatic heterocycles. The molecule has 0 saturated heterocycles. The highest BCUT2D eigenvalue weighted by molar-refractivity contribution is 5.94. The fourth-order valence-electron chi connectivity index (χ4n) is 1.92. The molecule has 7 N–H and O–H groups in total. The lowest BCUT2D eigenvalue weighted by atomic mass is 9.98. The molecular weight excluding hydrogens is 316 g/mol. The fraction of sp³-hybridized carbons (Fsp3) is 0.733. The van der Waals surface area contributed by atoms with Gasteiger partial charge in [0, 0.05) is 0 Å². The van der Waals surface area contributed by atoms with Crippen molar-refractivity contribution in [1.82, 2.24) is 10.6 Å². The average molecular weight is 344 g/mol. The van der Waals surface area contributed by atoms with E-state index < -0.39 is 48.2 Å². The molecule has 0 aliphatic heterocycles. The summed E-state index contributed by atoms with van der Waals surface area (Å²) in [6.45, 7) is 6.93. The van der Waals surface area contributed by atoms with Crippen LogP contribution in [0.15, 0.2) is 0 Å². The quantitative estimate of drug-likeness (QED) is 0.339. The van der Waals surface area contributed by atoms with Crippen LogP contribution in [0.1, 0.15) is 40.5 Å². The SMILES string of the molecule is CCC(C)C(NC(=O)C(CC(N)=O)NC(=O)C(N)C(C)C)C(=O)O. The van der Waals surface area contributed by atoms with Gasteiger partial charge in [0.1, 0.15) is 12.1 Å². The van der Waals surface area contributed by atoms with E-state index in [1.807, 2.05) is 0 Å². The Morgan fingerprint density at radius 3 is 1.96 bits per heavy atom. The summed E-state index contributed by atoms with van der Waals surface area (Å²) in [7, 11) is 0. The van der Waals surface area contributed by atoms with Crippen molar-refractivity contribution in [3.05, 3.63) is 0 Å². The Balaban J connectivity index is 5.15. The second kappa shape index (κ2) is 9.86. The second-order valence-electron chi connectivity index (χ2n) is 6.21. The Morgan fingerprint density at radius 1 is 1.04 bits per heavy atom. The molecule has 0 aromatic rings. The van der Waals surface area contributed by atoms with E-state index in [9.17, 15) is 24.3 Å². The zero-order chi connectivity index (χ0) is 19.0. The molecule has 138 valence electrons. The van der Waals surface area contributed by atoms with E-state index in [2.05, 4.69) is 10.6 Å². The van der Waals surface area contributed by atoms with Crippen molar-refractivity contribution in [2.75, 3.05) is 0 Å². The summed E-state index contributed by atoms with van der Waals surface area (Å²) in [6.07, 6.45) is 0.0809. The Hall–Kier alpha value is -2.16. The Morgan fingerprint density at radius 2 is 1.58 bits per heavy atom. The zero-order valence-electron chi connectivity index (χ0n) is 14.5. The number of carboxylic acid groups (broad SMARTS) is 1. The highest BCUT2D eigenvalue weighted by Gasteiger charge is 2.31. The first-order valence-electron chi connectivity index (χ1n) is 7.88. The van der Waals surface area contributed by atoms with Crippen LogP contribution in [0.25, 0.3) is 0 Å². The summed E-state index contributed by atoms with van der Waals surface area (Å²) < 4.78 is 0. The minimum absolute atomic E-state index is 0.172. The molecule has 4 unspecified atom stereocenters. The van der Waals surface area contributed by atoms with Gasteiger partial charge in [0.15, 0.2) is 0 Å². The number of carboxylic acids is 1. The zero-order valence-corrected chi connectivity index (χ0v) is 14.5. The van der Waals surface area contributed by atoms with Gasteiger partial charge in [0.25, 0.3) is 0 Å². The molecule has 9 nitrogen and oxygen atoms in total. The topological polar surface area (TPSA) is 165 Å². The fourth-order valence-corrected chi connectivity index (χ4v) is 1.92. The van der Waals surface area contributed by atoms with Crippen molar-refractivity contribution < 1.29 is 24.3 Å². The van der Waals surface area contributed by atoms with Gasteiger partial charge in [-0.05, 0) is 11.8 Å². The van der Waals surface area contributed by atoms with Crippen LogP contribution in [0.5, 0.6) is 0 Å². The monoisotopic (exact) mass is 344 g/mol. The molecule has 3 amide bonds. The lowest BCUT2D eigenvalue weighted by Crippen LogP contribution is -2.57. The molecule has 0 heterocycles. The molecule has 0 radical (unpaired) electrons. The number of rotatable bonds is 10. The molecular formula is C15H28N4O5. The number of carbonyl (C=O) groups is 4. The number of aliphatic carboxylic acids is 1. The largest absolute Gasteiger partial charge is 0.480 e. The number of nitrogens with two attached hydrogens (primary N) is 2. The first kappa shape index (κ1) is 21.8. The number of hydrogen-bond acceptors (Lipinski definition) is 5. The molecule has 0 saturated carbocycles. The third kappa shape index (κ3) is 6.95. The maximum Gasteiger partial charge on any atom is 0.326 e. The molecule has 0 aliphatic rings. The van der Waals surface area contributed by atoms with Crippen LogP contribution in [-0.2, 0) is 19.2 Å². The number of nitrogens with one attached hydrogen (secondary N) is 2. The van der Waals surface area contributed by atoms with E-state index in [0.717, 1.165) is 0 Å². The van der Waals surface area contributed by atoms with Crippen molar-refractivity contribution in [3.8, 4) is 0 Å². The van der Waals surface area contributed by atoms with Gasteiger partial charge in [-0.1, -0.05) is 34.1 Å². The smallest absolute Gasteiger partial charge is 0.326 e. The van der Waals surface area contributed by atoms with Gasteiger partial charge in [-0.2, -0.15) is 0 Å². The van der Waals surface area contributed by atoms with Gasteiger partial charge in [0.05, 0.1) is 12.5 Å². The van der Waals surface area contributed by atoms with E-state index in [-0.39, 0.29) is 11.8 Å². The molecule has 0 spiro atoms. The van der Waals surface area contributed by atoms with E-state index in [0.29, 0.717) is 6.42 Å². The van der Waals surface area contributed by atoms with Crippen LogP contribution in [0, 0.1) is 11.8 Å². The molecule has 0 rings (SSSR count). The number of primary amides is 1. The van der Waals surface area contributed by atoms with Gasteiger partial charge in [0.2, 0.25) is 17.7 Å². The third-order valence-electron chi connectivity index (χ3n) is 3.84. The highest BCUT2D eigenvalue weighted by Crippen LogP contribution is 2.09. The van der Waals surface area contributed by atoms with Crippen molar-refractivity contribution in [1.29, 1.82) is 0 Å². The van der Waals surface area contributed by atoms with Gasteiger partial charge in [-0.15, -0.1) is 0 Å². The minimum atomic E-state index is -1.27. The Bertz CT molecular complexity index is 480. The molecule has 0 bridgehead atoms. The summed E-state index contributed by atoms with van der Waals surface area (Å²) in [4.78, 5) is 46.7. The normalized spacial score (nSPS) is 15.9. The minimum Gasteiger partial charge on any atom is -0.480 e. The summed E-state index contributed by atoms with van der Waals surface area (Å²) >= 11 is 0. The predicted molar refractivity (Wildman–Crippen MR) is 87.6 cm³/mol. The van der Waals surface area contributed by atoms with Crippen LogP contribution < -0.4 is 22.1 Å². The second-order valence-corrected chi connectivity index (χ2v) is 6.21. The van der Waals surface area contributed by atoms with Gasteiger partial charge >= 0.3 is 5.97 Å². The summed E-state index contributed by atoms with van der Waals surface area (Å²) in [6, 6.07) is -3.27. The number of hydrogen-bond donors (Lipinski definition) is 5. The summed E-state index contributed by atoms with van der Waals surface area (Å²) in [5.41, 5.74) is 10.8. The number of carbonyl (C=O) groups excluding carboxylic acids is 3. The maximum atomic E-state index is 12.3. The number of amides is 3. The van der Waals surface area contributed by atoms with E-state index in [4.69, 9.17) is 11.5 Å². The third-order valence-corrected chi connectivity index (χ3v) is 3.84. The van der Waals surface area contributed by atoms with Crippen LogP contribution in [0.2, 0.25) is 0 Å². The van der Waals surface area contributed by atoms with Crippen LogP contribution in [0.3, 0.4) is 0 Å². The van der Waals surface area contributed by atoms with Crippen molar-refractivity contribution >= 4 is 23.7 Å². The van der Waals surface area contributed by atoms with Crippen LogP contribution >= 0.6 is 0 Å². The van der Waals surface area contributed by atoms with Crippen molar-refractivity contribution in [2.24, 2.45) is 23.3 Å². The predicted octanol–water partition coefficient (Wildman–Crippen LogP) is -1.05. The van der Waals surface area contributed by atoms with Crippen molar-refractivity contribution in [2.45, 2.75) is 58.7 Å². The van der Waals surface area contributed by atoms with E-state index >= 15 is 0 Å². The lowest BCUT2D eigenvalue weighted by molar-refractivity contribution is -0.143. The standard InChI is InChI=1S/C15H28N4O5/c1-5-8(4)12(15(23)24)19-13(21)9(6-10(16)20)18-14(22)11(17)7(2)3/h7-9,11-12H,5-6,17H2,1-4H3,(H2,16,20)(H,18,22)(H,19,21)(H,23,24). The lowest BCUT2D eigenvalue weighted by Gasteiger charge is -2.25.